The Morgan fingerprint density at radius 1 is 1.33 bits per heavy atom. The molecule has 128 valence electrons. The lowest BCUT2D eigenvalue weighted by Gasteiger charge is -2.32. The van der Waals surface area contributed by atoms with Crippen molar-refractivity contribution in [2.45, 2.75) is 45.8 Å². The van der Waals surface area contributed by atoms with E-state index in [4.69, 9.17) is 0 Å². The van der Waals surface area contributed by atoms with Crippen LogP contribution < -0.4 is 5.32 Å². The van der Waals surface area contributed by atoms with Crippen molar-refractivity contribution in [2.24, 2.45) is 0 Å². The topological polar surface area (TPSA) is 63.1 Å². The number of nitrogens with one attached hydrogen (secondary N) is 1. The summed E-state index contributed by atoms with van der Waals surface area (Å²) in [6.45, 7) is 7.25. The van der Waals surface area contributed by atoms with Crippen LogP contribution >= 0.6 is 0 Å². The molecule has 0 aliphatic carbocycles. The van der Waals surface area contributed by atoms with Crippen LogP contribution in [0.5, 0.6) is 0 Å². The van der Waals surface area contributed by atoms with Gasteiger partial charge in [-0.15, -0.1) is 10.2 Å². The number of carbonyl (C=O) groups excluding carboxylic acids is 1. The number of aromatic nitrogens is 3. The molecule has 1 aromatic carbocycles. The van der Waals surface area contributed by atoms with Gasteiger partial charge in [0.1, 0.15) is 12.2 Å². The van der Waals surface area contributed by atoms with E-state index in [1.807, 2.05) is 11.5 Å². The van der Waals surface area contributed by atoms with E-state index in [-0.39, 0.29) is 11.9 Å². The number of hydrogen-bond acceptors (Lipinski definition) is 4. The zero-order valence-electron chi connectivity index (χ0n) is 14.4. The first-order chi connectivity index (χ1) is 11.7. The highest BCUT2D eigenvalue weighted by Crippen LogP contribution is 2.20. The van der Waals surface area contributed by atoms with Crippen molar-refractivity contribution in [1.29, 1.82) is 0 Å². The SMILES string of the molecule is CCn1cnnc1CCNC(=O)C(C)N1CCc2ccccc2C1. The minimum Gasteiger partial charge on any atom is -0.354 e. The molecule has 0 saturated heterocycles. The van der Waals surface area contributed by atoms with Crippen LogP contribution in [0.25, 0.3) is 0 Å². The van der Waals surface area contributed by atoms with Crippen molar-refractivity contribution in [2.75, 3.05) is 13.1 Å². The van der Waals surface area contributed by atoms with Crippen molar-refractivity contribution in [3.8, 4) is 0 Å². The van der Waals surface area contributed by atoms with Gasteiger partial charge < -0.3 is 9.88 Å². The van der Waals surface area contributed by atoms with Gasteiger partial charge >= 0.3 is 0 Å². The molecule has 1 aliphatic rings. The molecule has 3 rings (SSSR count). The molecule has 1 amide bonds. The van der Waals surface area contributed by atoms with Crippen molar-refractivity contribution >= 4 is 5.91 Å². The minimum atomic E-state index is -0.123. The van der Waals surface area contributed by atoms with Crippen LogP contribution in [0.2, 0.25) is 0 Å². The monoisotopic (exact) mass is 327 g/mol. The zero-order chi connectivity index (χ0) is 16.9. The van der Waals surface area contributed by atoms with E-state index in [0.717, 1.165) is 31.9 Å². The largest absolute Gasteiger partial charge is 0.354 e. The summed E-state index contributed by atoms with van der Waals surface area (Å²) in [5, 5.41) is 11.0. The molecule has 6 nitrogen and oxygen atoms in total. The van der Waals surface area contributed by atoms with E-state index in [2.05, 4.69) is 51.6 Å². The van der Waals surface area contributed by atoms with E-state index in [1.165, 1.54) is 11.1 Å². The molecule has 1 atom stereocenters. The Morgan fingerprint density at radius 2 is 2.12 bits per heavy atom. The second kappa shape index (κ2) is 7.57. The third kappa shape index (κ3) is 3.64. The molecular formula is C18H25N5O. The number of rotatable bonds is 6. The molecule has 1 N–H and O–H groups in total. The lowest BCUT2D eigenvalue weighted by atomic mass is 9.99. The first-order valence-electron chi connectivity index (χ1n) is 8.64. The number of hydrogen-bond donors (Lipinski definition) is 1. The lowest BCUT2D eigenvalue weighted by molar-refractivity contribution is -0.126. The molecule has 0 bridgehead atoms. The lowest BCUT2D eigenvalue weighted by Crippen LogP contribution is -2.47. The maximum absolute atomic E-state index is 12.4. The molecule has 1 unspecified atom stereocenters. The molecule has 1 aromatic heterocycles. The number of carbonyl (C=O) groups is 1. The fourth-order valence-electron chi connectivity index (χ4n) is 3.20. The van der Waals surface area contributed by atoms with Gasteiger partial charge in [0.2, 0.25) is 5.91 Å². The molecule has 2 aromatic rings. The van der Waals surface area contributed by atoms with Crippen LogP contribution in [-0.4, -0.2) is 44.7 Å². The summed E-state index contributed by atoms with van der Waals surface area (Å²) in [5.74, 6) is 0.995. The first kappa shape index (κ1) is 16.6. The third-order valence-corrected chi connectivity index (χ3v) is 4.77. The molecular weight excluding hydrogens is 302 g/mol. The van der Waals surface area contributed by atoms with Gasteiger partial charge in [0.25, 0.3) is 0 Å². The molecule has 0 fully saturated rings. The quantitative estimate of drug-likeness (QED) is 0.871. The number of nitrogens with zero attached hydrogens (tertiary/aromatic N) is 4. The van der Waals surface area contributed by atoms with Gasteiger partial charge in [0.05, 0.1) is 6.04 Å². The summed E-state index contributed by atoms with van der Waals surface area (Å²) < 4.78 is 2.00. The van der Waals surface area contributed by atoms with Gasteiger partial charge in [-0.25, -0.2) is 0 Å². The summed E-state index contributed by atoms with van der Waals surface area (Å²) >= 11 is 0. The third-order valence-electron chi connectivity index (χ3n) is 4.77. The Bertz CT molecular complexity index is 696. The first-order valence-corrected chi connectivity index (χ1v) is 8.64. The molecule has 0 saturated carbocycles. The maximum Gasteiger partial charge on any atom is 0.237 e. The fraction of sp³-hybridized carbons (Fsp3) is 0.500. The Hall–Kier alpha value is -2.21. The van der Waals surface area contributed by atoms with E-state index in [1.54, 1.807) is 6.33 Å². The van der Waals surface area contributed by atoms with Crippen molar-refractivity contribution < 1.29 is 4.79 Å². The molecule has 24 heavy (non-hydrogen) atoms. The molecule has 6 heteroatoms. The molecule has 0 radical (unpaired) electrons. The van der Waals surface area contributed by atoms with Crippen LogP contribution in [-0.2, 0) is 30.7 Å². The van der Waals surface area contributed by atoms with E-state index >= 15 is 0 Å². The highest BCUT2D eigenvalue weighted by atomic mass is 16.2. The summed E-state index contributed by atoms with van der Waals surface area (Å²) in [7, 11) is 0. The predicted octanol–water partition coefficient (Wildman–Crippen LogP) is 1.40. The van der Waals surface area contributed by atoms with Crippen LogP contribution in [0.3, 0.4) is 0 Å². The zero-order valence-corrected chi connectivity index (χ0v) is 14.4. The Morgan fingerprint density at radius 3 is 2.92 bits per heavy atom. The number of fused-ring (bicyclic) bond motifs is 1. The average Bonchev–Trinajstić information content (AvgIpc) is 3.08. The number of aryl methyl sites for hydroxylation is 1. The number of amides is 1. The van der Waals surface area contributed by atoms with Crippen LogP contribution in [0.1, 0.15) is 30.8 Å². The van der Waals surface area contributed by atoms with Gasteiger partial charge in [-0.3, -0.25) is 9.69 Å². The summed E-state index contributed by atoms with van der Waals surface area (Å²) in [6.07, 6.45) is 3.44. The minimum absolute atomic E-state index is 0.0805. The smallest absolute Gasteiger partial charge is 0.237 e. The van der Waals surface area contributed by atoms with Crippen LogP contribution in [0, 0.1) is 0 Å². The van der Waals surface area contributed by atoms with Crippen LogP contribution in [0.4, 0.5) is 0 Å². The molecule has 2 heterocycles. The second-order valence-corrected chi connectivity index (χ2v) is 6.24. The normalized spacial score (nSPS) is 15.8. The summed E-state index contributed by atoms with van der Waals surface area (Å²) in [5.41, 5.74) is 2.74. The Labute approximate surface area is 142 Å². The highest BCUT2D eigenvalue weighted by Gasteiger charge is 2.24. The van der Waals surface area contributed by atoms with Gasteiger partial charge in [0.15, 0.2) is 0 Å². The van der Waals surface area contributed by atoms with Gasteiger partial charge in [-0.2, -0.15) is 0 Å². The van der Waals surface area contributed by atoms with E-state index in [0.29, 0.717) is 13.0 Å². The van der Waals surface area contributed by atoms with Crippen molar-refractivity contribution in [3.05, 3.63) is 47.5 Å². The van der Waals surface area contributed by atoms with Gasteiger partial charge in [0, 0.05) is 32.6 Å². The standard InChI is InChI=1S/C18H25N5O/c1-3-22-13-20-21-17(22)8-10-19-18(24)14(2)23-11-9-15-6-4-5-7-16(15)12-23/h4-7,13-14H,3,8-12H2,1-2H3,(H,19,24). The molecule has 1 aliphatic heterocycles. The van der Waals surface area contributed by atoms with Crippen molar-refractivity contribution in [1.82, 2.24) is 25.0 Å². The average molecular weight is 327 g/mol. The Balaban J connectivity index is 1.50. The van der Waals surface area contributed by atoms with E-state index in [9.17, 15) is 4.79 Å². The Kier molecular flexibility index (Phi) is 5.25. The van der Waals surface area contributed by atoms with Crippen molar-refractivity contribution in [3.63, 3.8) is 0 Å². The van der Waals surface area contributed by atoms with Gasteiger partial charge in [-0.1, -0.05) is 24.3 Å². The summed E-state index contributed by atoms with van der Waals surface area (Å²) in [6, 6.07) is 8.36. The summed E-state index contributed by atoms with van der Waals surface area (Å²) in [4.78, 5) is 14.7. The van der Waals surface area contributed by atoms with E-state index < -0.39 is 0 Å². The van der Waals surface area contributed by atoms with Gasteiger partial charge in [-0.05, 0) is 31.4 Å². The molecule has 0 spiro atoms. The fourth-order valence-corrected chi connectivity index (χ4v) is 3.20. The predicted molar refractivity (Wildman–Crippen MR) is 92.4 cm³/mol. The second-order valence-electron chi connectivity index (χ2n) is 6.24. The highest BCUT2D eigenvalue weighted by molar-refractivity contribution is 5.81. The van der Waals surface area contributed by atoms with Crippen LogP contribution in [0.15, 0.2) is 30.6 Å². The maximum atomic E-state index is 12.4. The number of benzene rings is 1.